The number of rotatable bonds is 2. The Bertz CT molecular complexity index is 194. The van der Waals surface area contributed by atoms with Crippen LogP contribution in [0, 0.1) is 0 Å². The minimum Gasteiger partial charge on any atom is -0.444 e. The maximum absolute atomic E-state index is 11.4. The first-order chi connectivity index (χ1) is 5.88. The van der Waals surface area contributed by atoms with Gasteiger partial charge >= 0.3 is 6.09 Å². The summed E-state index contributed by atoms with van der Waals surface area (Å²) in [5.74, 6) is 0. The molecule has 1 fully saturated rings. The number of likely N-dealkylation sites (N-methyl/N-ethyl adjacent to an activating group) is 1. The van der Waals surface area contributed by atoms with Crippen LogP contribution in [0.4, 0.5) is 4.79 Å². The molecule has 1 amide bonds. The first-order valence-electron chi connectivity index (χ1n) is 4.44. The second-order valence-corrected chi connectivity index (χ2v) is 4.32. The van der Waals surface area contributed by atoms with E-state index in [9.17, 15) is 4.79 Å². The predicted molar refractivity (Wildman–Crippen MR) is 48.6 cm³/mol. The van der Waals surface area contributed by atoms with Gasteiger partial charge in [0.2, 0.25) is 0 Å². The second-order valence-electron chi connectivity index (χ2n) is 4.32. The molecule has 1 aliphatic heterocycles. The van der Waals surface area contributed by atoms with Crippen molar-refractivity contribution in [1.82, 2.24) is 4.90 Å². The lowest BCUT2D eigenvalue weighted by Crippen LogP contribution is -2.36. The number of carbonyl (C=O) groups excluding carboxylic acids is 1. The van der Waals surface area contributed by atoms with Crippen LogP contribution in [0.2, 0.25) is 0 Å². The average Bonchev–Trinajstić information content (AvgIpc) is 2.67. The van der Waals surface area contributed by atoms with Gasteiger partial charge in [-0.05, 0) is 20.8 Å². The van der Waals surface area contributed by atoms with Gasteiger partial charge in [-0.2, -0.15) is 0 Å². The zero-order chi connectivity index (χ0) is 10.1. The van der Waals surface area contributed by atoms with Crippen molar-refractivity contribution in [2.45, 2.75) is 32.5 Å². The van der Waals surface area contributed by atoms with Crippen LogP contribution < -0.4 is 0 Å². The molecule has 4 heteroatoms. The lowest BCUT2D eigenvalue weighted by atomic mass is 10.2. The largest absolute Gasteiger partial charge is 0.444 e. The topological polar surface area (TPSA) is 42.1 Å². The lowest BCUT2D eigenvalue weighted by Gasteiger charge is -2.24. The van der Waals surface area contributed by atoms with Gasteiger partial charge in [-0.3, -0.25) is 0 Å². The third-order valence-corrected chi connectivity index (χ3v) is 1.59. The van der Waals surface area contributed by atoms with Crippen molar-refractivity contribution in [3.63, 3.8) is 0 Å². The fourth-order valence-corrected chi connectivity index (χ4v) is 0.893. The maximum Gasteiger partial charge on any atom is 0.410 e. The number of nitrogens with zero attached hydrogens (tertiary/aromatic N) is 1. The van der Waals surface area contributed by atoms with Crippen LogP contribution in [0.15, 0.2) is 0 Å². The molecule has 4 nitrogen and oxygen atoms in total. The highest BCUT2D eigenvalue weighted by Gasteiger charge is 2.28. The van der Waals surface area contributed by atoms with Crippen LogP contribution in [-0.4, -0.2) is 42.9 Å². The van der Waals surface area contributed by atoms with E-state index in [1.807, 2.05) is 20.8 Å². The molecule has 0 aromatic rings. The third kappa shape index (κ3) is 4.12. The molecule has 0 aromatic heterocycles. The zero-order valence-corrected chi connectivity index (χ0v) is 8.66. The number of ether oxygens (including phenoxy) is 2. The van der Waals surface area contributed by atoms with Crippen molar-refractivity contribution in [2.24, 2.45) is 0 Å². The van der Waals surface area contributed by atoms with E-state index in [1.165, 1.54) is 0 Å². The monoisotopic (exact) mass is 187 g/mol. The highest BCUT2D eigenvalue weighted by molar-refractivity contribution is 5.67. The molecule has 0 unspecified atom stereocenters. The summed E-state index contributed by atoms with van der Waals surface area (Å²) in [4.78, 5) is 12.9. The molecule has 1 atom stereocenters. The molecule has 1 heterocycles. The molecule has 1 saturated heterocycles. The number of hydrogen-bond donors (Lipinski definition) is 0. The van der Waals surface area contributed by atoms with Gasteiger partial charge in [0.25, 0.3) is 0 Å². The molecular weight excluding hydrogens is 170 g/mol. The van der Waals surface area contributed by atoms with Crippen molar-refractivity contribution >= 4 is 6.09 Å². The van der Waals surface area contributed by atoms with Crippen molar-refractivity contribution in [3.8, 4) is 0 Å². The smallest absolute Gasteiger partial charge is 0.410 e. The highest BCUT2D eigenvalue weighted by atomic mass is 16.6. The van der Waals surface area contributed by atoms with Crippen LogP contribution in [0.1, 0.15) is 20.8 Å². The molecule has 0 bridgehead atoms. The van der Waals surface area contributed by atoms with Crippen LogP contribution >= 0.6 is 0 Å². The van der Waals surface area contributed by atoms with E-state index in [4.69, 9.17) is 9.47 Å². The number of epoxide rings is 1. The summed E-state index contributed by atoms with van der Waals surface area (Å²) in [6, 6.07) is 0. The number of amides is 1. The van der Waals surface area contributed by atoms with Gasteiger partial charge in [-0.15, -0.1) is 0 Å². The summed E-state index contributed by atoms with van der Waals surface area (Å²) in [7, 11) is 1.72. The van der Waals surface area contributed by atoms with Gasteiger partial charge in [0.05, 0.1) is 19.3 Å². The fourth-order valence-electron chi connectivity index (χ4n) is 0.893. The zero-order valence-electron chi connectivity index (χ0n) is 8.66. The molecule has 0 saturated carbocycles. The normalized spacial score (nSPS) is 21.1. The first kappa shape index (κ1) is 10.3. The Hall–Kier alpha value is -0.770. The van der Waals surface area contributed by atoms with Gasteiger partial charge in [0, 0.05) is 7.05 Å². The molecule has 13 heavy (non-hydrogen) atoms. The molecular formula is C9H17NO3. The predicted octanol–water partition coefficient (Wildman–Crippen LogP) is 1.25. The second kappa shape index (κ2) is 3.54. The molecule has 1 rings (SSSR count). The van der Waals surface area contributed by atoms with Crippen molar-refractivity contribution < 1.29 is 14.3 Å². The summed E-state index contributed by atoms with van der Waals surface area (Å²) in [6.45, 7) is 6.94. The van der Waals surface area contributed by atoms with E-state index < -0.39 is 5.60 Å². The summed E-state index contributed by atoms with van der Waals surface area (Å²) >= 11 is 0. The summed E-state index contributed by atoms with van der Waals surface area (Å²) in [6.07, 6.45) is -0.0690. The van der Waals surface area contributed by atoms with E-state index in [0.29, 0.717) is 6.54 Å². The molecule has 1 aliphatic rings. The number of hydrogen-bond acceptors (Lipinski definition) is 3. The summed E-state index contributed by atoms with van der Waals surface area (Å²) in [5.41, 5.74) is -0.421. The van der Waals surface area contributed by atoms with Crippen molar-refractivity contribution in [3.05, 3.63) is 0 Å². The van der Waals surface area contributed by atoms with E-state index in [-0.39, 0.29) is 12.2 Å². The van der Waals surface area contributed by atoms with Gasteiger partial charge in [0.15, 0.2) is 0 Å². The molecule has 0 radical (unpaired) electrons. The van der Waals surface area contributed by atoms with Crippen LogP contribution in [-0.2, 0) is 9.47 Å². The standard InChI is InChI=1S/C9H17NO3/c1-9(2,3)13-8(11)10(4)5-7-6-12-7/h7H,5-6H2,1-4H3/t7-/m1/s1. The Labute approximate surface area is 78.8 Å². The first-order valence-corrected chi connectivity index (χ1v) is 4.44. The molecule has 76 valence electrons. The van der Waals surface area contributed by atoms with Crippen molar-refractivity contribution in [1.29, 1.82) is 0 Å². The third-order valence-electron chi connectivity index (χ3n) is 1.59. The van der Waals surface area contributed by atoms with E-state index in [0.717, 1.165) is 6.61 Å². The van der Waals surface area contributed by atoms with Gasteiger partial charge in [-0.1, -0.05) is 0 Å². The Morgan fingerprint density at radius 1 is 1.62 bits per heavy atom. The van der Waals surface area contributed by atoms with Crippen LogP contribution in [0.5, 0.6) is 0 Å². The van der Waals surface area contributed by atoms with Crippen molar-refractivity contribution in [2.75, 3.05) is 20.2 Å². The molecule has 0 spiro atoms. The number of carbonyl (C=O) groups is 1. The minimum absolute atomic E-state index is 0.220. The Morgan fingerprint density at radius 2 is 2.15 bits per heavy atom. The highest BCUT2D eigenvalue weighted by Crippen LogP contribution is 2.13. The summed E-state index contributed by atoms with van der Waals surface area (Å²) < 4.78 is 10.2. The van der Waals surface area contributed by atoms with Gasteiger partial charge in [-0.25, -0.2) is 4.79 Å². The summed E-state index contributed by atoms with van der Waals surface area (Å²) in [5, 5.41) is 0. The SMILES string of the molecule is CN(C[C@@H]1CO1)C(=O)OC(C)(C)C. The average molecular weight is 187 g/mol. The van der Waals surface area contributed by atoms with E-state index in [1.54, 1.807) is 11.9 Å². The Kier molecular flexibility index (Phi) is 2.81. The van der Waals surface area contributed by atoms with E-state index in [2.05, 4.69) is 0 Å². The van der Waals surface area contributed by atoms with Gasteiger partial charge < -0.3 is 14.4 Å². The molecule has 0 aliphatic carbocycles. The lowest BCUT2D eigenvalue weighted by molar-refractivity contribution is 0.0288. The Balaban J connectivity index is 2.28. The fraction of sp³-hybridized carbons (Fsp3) is 0.889. The van der Waals surface area contributed by atoms with Crippen LogP contribution in [0.3, 0.4) is 0 Å². The quantitative estimate of drug-likeness (QED) is 0.611. The van der Waals surface area contributed by atoms with Gasteiger partial charge in [0.1, 0.15) is 5.60 Å². The van der Waals surface area contributed by atoms with Crippen LogP contribution in [0.25, 0.3) is 0 Å². The minimum atomic E-state index is -0.421. The van der Waals surface area contributed by atoms with E-state index >= 15 is 0 Å². The maximum atomic E-state index is 11.4. The molecule has 0 N–H and O–H groups in total. The molecule has 0 aromatic carbocycles. The Morgan fingerprint density at radius 3 is 2.54 bits per heavy atom.